The van der Waals surface area contributed by atoms with Crippen molar-refractivity contribution in [3.63, 3.8) is 0 Å². The predicted molar refractivity (Wildman–Crippen MR) is 144 cm³/mol. The lowest BCUT2D eigenvalue weighted by Crippen LogP contribution is -2.47. The van der Waals surface area contributed by atoms with Crippen LogP contribution in [0.1, 0.15) is 30.4 Å². The highest BCUT2D eigenvalue weighted by atomic mass is 16.4. The van der Waals surface area contributed by atoms with Crippen LogP contribution in [0.4, 0.5) is 0 Å². The maximum absolute atomic E-state index is 13.4. The van der Waals surface area contributed by atoms with E-state index in [1.165, 1.54) is 12.1 Å². The van der Waals surface area contributed by atoms with Crippen molar-refractivity contribution in [1.82, 2.24) is 5.32 Å². The van der Waals surface area contributed by atoms with Crippen LogP contribution in [0.3, 0.4) is 0 Å². The first kappa shape index (κ1) is 29.6. The van der Waals surface area contributed by atoms with Crippen molar-refractivity contribution < 1.29 is 24.6 Å². The number of nitrogens with one attached hydrogen (secondary N) is 1. The first-order chi connectivity index (χ1) is 18.0. The maximum atomic E-state index is 13.4. The lowest BCUT2D eigenvalue weighted by molar-refractivity contribution is -0.144. The molecule has 0 saturated carbocycles. The molecule has 12 nitrogen and oxygen atoms in total. The second-order valence-corrected chi connectivity index (χ2v) is 8.85. The van der Waals surface area contributed by atoms with Gasteiger partial charge < -0.3 is 38.5 Å². The number of ketones is 1. The number of nitrogens with zero attached hydrogens (tertiary/aromatic N) is 2. The molecule has 0 saturated heterocycles. The molecule has 0 aliphatic carbocycles. The van der Waals surface area contributed by atoms with Crippen LogP contribution in [0.5, 0.6) is 5.75 Å². The summed E-state index contributed by atoms with van der Waals surface area (Å²) in [6.45, 7) is 0.252. The summed E-state index contributed by atoms with van der Waals surface area (Å²) in [5.74, 6) is -3.51. The van der Waals surface area contributed by atoms with Gasteiger partial charge in [-0.15, -0.1) is 0 Å². The molecule has 3 atom stereocenters. The molecule has 0 aliphatic rings. The number of Topliss-reactive ketones (excluding diaryl/α,β-unsaturated/α-hetero) is 1. The Morgan fingerprint density at radius 1 is 0.868 bits per heavy atom. The number of phenols is 1. The first-order valence-corrected chi connectivity index (χ1v) is 12.1. The molecule has 0 radical (unpaired) electrons. The van der Waals surface area contributed by atoms with E-state index in [0.29, 0.717) is 12.0 Å². The SMILES string of the molecule is NC(N)=NCCCC(N=C(N)N)C(=O)NC(Cc1ccc(O)cc1)C(=O)CC(Cc1ccccc1)C(=O)O. The summed E-state index contributed by atoms with van der Waals surface area (Å²) in [7, 11) is 0. The summed E-state index contributed by atoms with van der Waals surface area (Å²) >= 11 is 0. The Balaban J connectivity index is 2.23. The molecular weight excluding hydrogens is 490 g/mol. The highest BCUT2D eigenvalue weighted by Gasteiger charge is 2.30. The van der Waals surface area contributed by atoms with Crippen LogP contribution in [0, 0.1) is 5.92 Å². The number of phenolic OH excluding ortho intramolecular Hbond substituents is 1. The van der Waals surface area contributed by atoms with Crippen molar-refractivity contribution in [1.29, 1.82) is 0 Å². The average Bonchev–Trinajstić information content (AvgIpc) is 2.86. The number of guanidine groups is 2. The Morgan fingerprint density at radius 2 is 1.50 bits per heavy atom. The van der Waals surface area contributed by atoms with Gasteiger partial charge in [0.1, 0.15) is 11.8 Å². The van der Waals surface area contributed by atoms with Gasteiger partial charge in [-0.05, 0) is 48.9 Å². The summed E-state index contributed by atoms with van der Waals surface area (Å²) in [6.07, 6.45) is 0.521. The van der Waals surface area contributed by atoms with Crippen LogP contribution in [0.15, 0.2) is 64.6 Å². The molecule has 0 bridgehead atoms. The van der Waals surface area contributed by atoms with Gasteiger partial charge in [-0.3, -0.25) is 19.4 Å². The van der Waals surface area contributed by atoms with E-state index < -0.39 is 35.7 Å². The van der Waals surface area contributed by atoms with E-state index in [4.69, 9.17) is 22.9 Å². The number of nitrogens with two attached hydrogens (primary N) is 4. The zero-order chi connectivity index (χ0) is 28.1. The highest BCUT2D eigenvalue weighted by Crippen LogP contribution is 2.18. The third-order valence-corrected chi connectivity index (χ3v) is 5.74. The highest BCUT2D eigenvalue weighted by molar-refractivity contribution is 5.93. The number of carbonyl (C=O) groups excluding carboxylic acids is 2. The van der Waals surface area contributed by atoms with E-state index >= 15 is 0 Å². The topological polar surface area (TPSA) is 232 Å². The minimum atomic E-state index is -1.12. The number of aliphatic carboxylic acids is 1. The molecule has 0 heterocycles. The molecule has 0 aliphatic heterocycles. The van der Waals surface area contributed by atoms with E-state index in [0.717, 1.165) is 5.56 Å². The van der Waals surface area contributed by atoms with E-state index in [2.05, 4.69) is 15.3 Å². The van der Waals surface area contributed by atoms with Gasteiger partial charge in [0.2, 0.25) is 5.91 Å². The molecule has 11 N–H and O–H groups in total. The lowest BCUT2D eigenvalue weighted by Gasteiger charge is -2.22. The number of hydrogen-bond acceptors (Lipinski definition) is 6. The van der Waals surface area contributed by atoms with E-state index in [9.17, 15) is 24.6 Å². The summed E-state index contributed by atoms with van der Waals surface area (Å²) in [5.41, 5.74) is 23.1. The molecule has 12 heteroatoms. The van der Waals surface area contributed by atoms with E-state index in [1.54, 1.807) is 36.4 Å². The summed E-state index contributed by atoms with van der Waals surface area (Å²) in [5, 5.41) is 22.1. The Hall–Kier alpha value is -4.61. The van der Waals surface area contributed by atoms with Crippen LogP contribution in [0.2, 0.25) is 0 Å². The number of carboxylic acids is 1. The molecule has 38 heavy (non-hydrogen) atoms. The van der Waals surface area contributed by atoms with Crippen LogP contribution < -0.4 is 28.3 Å². The quantitative estimate of drug-likeness (QED) is 0.0941. The molecule has 204 valence electrons. The summed E-state index contributed by atoms with van der Waals surface area (Å²) in [4.78, 5) is 46.3. The molecule has 0 aromatic heterocycles. The third kappa shape index (κ3) is 10.6. The van der Waals surface area contributed by atoms with Crippen molar-refractivity contribution in [3.8, 4) is 5.75 Å². The van der Waals surface area contributed by atoms with E-state index in [-0.39, 0.29) is 49.9 Å². The monoisotopic (exact) mass is 525 g/mol. The van der Waals surface area contributed by atoms with Crippen molar-refractivity contribution in [3.05, 3.63) is 65.7 Å². The molecule has 0 spiro atoms. The van der Waals surface area contributed by atoms with Gasteiger partial charge in [0.05, 0.1) is 12.0 Å². The van der Waals surface area contributed by atoms with Crippen molar-refractivity contribution in [2.45, 2.75) is 44.2 Å². The molecule has 3 unspecified atom stereocenters. The zero-order valence-electron chi connectivity index (χ0n) is 21.0. The van der Waals surface area contributed by atoms with Crippen LogP contribution in [-0.2, 0) is 27.2 Å². The number of benzene rings is 2. The lowest BCUT2D eigenvalue weighted by atomic mass is 9.90. The second-order valence-electron chi connectivity index (χ2n) is 8.85. The van der Waals surface area contributed by atoms with E-state index in [1.807, 2.05) is 6.07 Å². The predicted octanol–water partition coefficient (Wildman–Crippen LogP) is 0.0178. The Morgan fingerprint density at radius 3 is 2.08 bits per heavy atom. The second kappa shape index (κ2) is 14.8. The number of hydrogen-bond donors (Lipinski definition) is 7. The summed E-state index contributed by atoms with van der Waals surface area (Å²) < 4.78 is 0. The van der Waals surface area contributed by atoms with Crippen molar-refractivity contribution in [2.75, 3.05) is 6.54 Å². The van der Waals surface area contributed by atoms with Crippen LogP contribution >= 0.6 is 0 Å². The minimum absolute atomic E-state index is 0.0445. The van der Waals surface area contributed by atoms with Gasteiger partial charge in [0.25, 0.3) is 0 Å². The van der Waals surface area contributed by atoms with Crippen molar-refractivity contribution in [2.24, 2.45) is 38.8 Å². The van der Waals surface area contributed by atoms with Gasteiger partial charge in [-0.1, -0.05) is 42.5 Å². The average molecular weight is 526 g/mol. The fourth-order valence-electron chi connectivity index (χ4n) is 3.84. The van der Waals surface area contributed by atoms with Gasteiger partial charge in [-0.2, -0.15) is 0 Å². The summed E-state index contributed by atoms with van der Waals surface area (Å²) in [6, 6.07) is 13.1. The van der Waals surface area contributed by atoms with Gasteiger partial charge >= 0.3 is 5.97 Å². The van der Waals surface area contributed by atoms with Gasteiger partial charge in [-0.25, -0.2) is 4.99 Å². The number of carbonyl (C=O) groups is 3. The van der Waals surface area contributed by atoms with Gasteiger partial charge in [0.15, 0.2) is 17.7 Å². The third-order valence-electron chi connectivity index (χ3n) is 5.74. The molecule has 0 fully saturated rings. The smallest absolute Gasteiger partial charge is 0.307 e. The standard InChI is InChI=1S/C26H35N7O5/c27-25(28)31-12-4-7-20(33-26(29)30)23(36)32-21(14-17-8-10-19(34)11-9-17)22(35)15-18(24(37)38)13-16-5-2-1-3-6-16/h1-3,5-6,8-11,18,20-21,34H,4,7,12-15H2,(H,32,36)(H,37,38)(H4,27,28,31)(H4,29,30,33). The number of rotatable bonds is 15. The molecule has 2 aromatic rings. The Bertz CT molecular complexity index is 1130. The normalized spacial score (nSPS) is 12.9. The zero-order valence-corrected chi connectivity index (χ0v) is 21.0. The Labute approximate surface area is 220 Å². The number of amides is 1. The fraction of sp³-hybridized carbons (Fsp3) is 0.346. The van der Waals surface area contributed by atoms with Crippen LogP contribution in [-0.4, -0.2) is 58.4 Å². The minimum Gasteiger partial charge on any atom is -0.508 e. The largest absolute Gasteiger partial charge is 0.508 e. The molecule has 2 rings (SSSR count). The first-order valence-electron chi connectivity index (χ1n) is 12.1. The Kier molecular flexibility index (Phi) is 11.6. The fourth-order valence-corrected chi connectivity index (χ4v) is 3.84. The van der Waals surface area contributed by atoms with Crippen molar-refractivity contribution >= 4 is 29.6 Å². The molecule has 2 aromatic carbocycles. The molecule has 1 amide bonds. The number of carboxylic acid groups (broad SMARTS) is 1. The molecular formula is C26H35N7O5. The number of aromatic hydroxyl groups is 1. The number of aliphatic imine (C=N–C) groups is 2. The maximum Gasteiger partial charge on any atom is 0.307 e. The van der Waals surface area contributed by atoms with Crippen LogP contribution in [0.25, 0.3) is 0 Å². The van der Waals surface area contributed by atoms with Gasteiger partial charge in [0, 0.05) is 13.0 Å².